The molecule has 0 heterocycles. The molecule has 1 N–H and O–H groups in total. The Bertz CT molecular complexity index is 379. The molecular formula is C10H12BrNO3. The number of carbonyl (C=O) groups is 1. The van der Waals surface area contributed by atoms with Gasteiger partial charge >= 0.3 is 5.97 Å². The Morgan fingerprint density at radius 1 is 1.40 bits per heavy atom. The van der Waals surface area contributed by atoms with Crippen molar-refractivity contribution in [3.8, 4) is 0 Å². The molecule has 5 heteroatoms. The van der Waals surface area contributed by atoms with Gasteiger partial charge in [-0.1, -0.05) is 0 Å². The molecule has 0 aliphatic rings. The minimum Gasteiger partial charge on any atom is -0.465 e. The highest BCUT2D eigenvalue weighted by Crippen LogP contribution is 2.25. The molecule has 0 atom stereocenters. The number of hydrogen-bond donors (Lipinski definition) is 1. The molecule has 0 bridgehead atoms. The number of carbonyl (C=O) groups excluding carboxylic acids is 1. The second-order valence-corrected chi connectivity index (χ2v) is 3.80. The van der Waals surface area contributed by atoms with Crippen LogP contribution in [-0.4, -0.2) is 20.2 Å². The summed E-state index contributed by atoms with van der Waals surface area (Å²) in [4.78, 5) is 16.2. The van der Waals surface area contributed by atoms with E-state index in [2.05, 4.69) is 26.1 Å². The first-order valence-corrected chi connectivity index (χ1v) is 5.07. The topological polar surface area (TPSA) is 47.6 Å². The third-order valence-corrected chi connectivity index (χ3v) is 2.59. The van der Waals surface area contributed by atoms with Crippen LogP contribution < -0.4 is 5.48 Å². The van der Waals surface area contributed by atoms with Crippen LogP contribution in [0.15, 0.2) is 16.6 Å². The lowest BCUT2D eigenvalue weighted by Crippen LogP contribution is -2.05. The van der Waals surface area contributed by atoms with Crippen molar-refractivity contribution in [2.75, 3.05) is 19.7 Å². The molecule has 4 nitrogen and oxygen atoms in total. The fraction of sp³-hybridized carbons (Fsp3) is 0.300. The largest absolute Gasteiger partial charge is 0.465 e. The third-order valence-electron chi connectivity index (χ3n) is 1.93. The van der Waals surface area contributed by atoms with Crippen LogP contribution in [0.3, 0.4) is 0 Å². The smallest absolute Gasteiger partial charge is 0.339 e. The molecule has 0 aliphatic carbocycles. The Balaban J connectivity index is 3.17. The van der Waals surface area contributed by atoms with E-state index in [1.54, 1.807) is 6.07 Å². The van der Waals surface area contributed by atoms with Crippen molar-refractivity contribution < 1.29 is 14.4 Å². The first kappa shape index (κ1) is 12.0. The fourth-order valence-electron chi connectivity index (χ4n) is 1.16. The van der Waals surface area contributed by atoms with E-state index in [9.17, 15) is 4.79 Å². The molecule has 1 aromatic carbocycles. The number of hydrogen-bond acceptors (Lipinski definition) is 4. The van der Waals surface area contributed by atoms with E-state index in [1.165, 1.54) is 14.2 Å². The van der Waals surface area contributed by atoms with Crippen molar-refractivity contribution >= 4 is 27.6 Å². The van der Waals surface area contributed by atoms with Crippen LogP contribution in [0.1, 0.15) is 15.9 Å². The van der Waals surface area contributed by atoms with Gasteiger partial charge in [0, 0.05) is 4.47 Å². The van der Waals surface area contributed by atoms with Crippen LogP contribution in [0.2, 0.25) is 0 Å². The molecule has 0 saturated heterocycles. The van der Waals surface area contributed by atoms with E-state index in [-0.39, 0.29) is 5.97 Å². The molecule has 15 heavy (non-hydrogen) atoms. The third kappa shape index (κ3) is 2.70. The molecule has 0 spiro atoms. The molecule has 0 aliphatic heterocycles. The van der Waals surface area contributed by atoms with E-state index < -0.39 is 0 Å². The Kier molecular flexibility index (Phi) is 4.11. The van der Waals surface area contributed by atoms with Crippen LogP contribution in [0.4, 0.5) is 5.69 Å². The predicted molar refractivity (Wildman–Crippen MR) is 60.9 cm³/mol. The molecule has 0 fully saturated rings. The monoisotopic (exact) mass is 273 g/mol. The Labute approximate surface area is 96.7 Å². The summed E-state index contributed by atoms with van der Waals surface area (Å²) in [5.74, 6) is -0.388. The number of benzene rings is 1. The summed E-state index contributed by atoms with van der Waals surface area (Å²) in [5.41, 5.74) is 4.86. The molecule has 1 aromatic rings. The van der Waals surface area contributed by atoms with Gasteiger partial charge in [-0.25, -0.2) is 4.79 Å². The van der Waals surface area contributed by atoms with Gasteiger partial charge in [0.05, 0.1) is 25.5 Å². The van der Waals surface area contributed by atoms with E-state index in [1.807, 2.05) is 13.0 Å². The van der Waals surface area contributed by atoms with Gasteiger partial charge in [-0.15, -0.1) is 0 Å². The number of methoxy groups -OCH3 is 1. The first-order chi connectivity index (χ1) is 7.10. The van der Waals surface area contributed by atoms with Crippen molar-refractivity contribution in [2.45, 2.75) is 6.92 Å². The molecular weight excluding hydrogens is 262 g/mol. The highest BCUT2D eigenvalue weighted by Gasteiger charge is 2.12. The summed E-state index contributed by atoms with van der Waals surface area (Å²) in [7, 11) is 2.86. The SMILES string of the molecule is CONc1cc(C(=O)OC)c(Br)cc1C. The Morgan fingerprint density at radius 2 is 2.07 bits per heavy atom. The molecule has 82 valence electrons. The number of aryl methyl sites for hydroxylation is 1. The average Bonchev–Trinajstić information content (AvgIpc) is 2.21. The number of halogens is 1. The second-order valence-electron chi connectivity index (χ2n) is 2.94. The summed E-state index contributed by atoms with van der Waals surface area (Å²) in [5, 5.41) is 0. The first-order valence-electron chi connectivity index (χ1n) is 4.27. The number of rotatable bonds is 3. The lowest BCUT2D eigenvalue weighted by atomic mass is 10.1. The summed E-state index contributed by atoms with van der Waals surface area (Å²) in [6.45, 7) is 1.91. The van der Waals surface area contributed by atoms with Gasteiger partial charge in [0.15, 0.2) is 0 Å². The molecule has 0 amide bonds. The van der Waals surface area contributed by atoms with Gasteiger partial charge in [-0.3, -0.25) is 10.3 Å². The van der Waals surface area contributed by atoms with Crippen LogP contribution in [-0.2, 0) is 9.57 Å². The minimum atomic E-state index is -0.388. The average molecular weight is 274 g/mol. The van der Waals surface area contributed by atoms with Crippen molar-refractivity contribution in [1.29, 1.82) is 0 Å². The van der Waals surface area contributed by atoms with Gasteiger partial charge < -0.3 is 4.74 Å². The van der Waals surface area contributed by atoms with Crippen molar-refractivity contribution in [2.24, 2.45) is 0 Å². The number of ether oxygens (including phenoxy) is 1. The number of esters is 1. The minimum absolute atomic E-state index is 0.388. The van der Waals surface area contributed by atoms with Crippen LogP contribution in [0.5, 0.6) is 0 Å². The van der Waals surface area contributed by atoms with Crippen molar-refractivity contribution in [3.05, 3.63) is 27.7 Å². The molecule has 0 unspecified atom stereocenters. The maximum Gasteiger partial charge on any atom is 0.339 e. The highest BCUT2D eigenvalue weighted by molar-refractivity contribution is 9.10. The zero-order chi connectivity index (χ0) is 11.4. The van der Waals surface area contributed by atoms with Crippen molar-refractivity contribution in [3.63, 3.8) is 0 Å². The van der Waals surface area contributed by atoms with E-state index in [0.717, 1.165) is 11.3 Å². The van der Waals surface area contributed by atoms with Gasteiger partial charge in [0.2, 0.25) is 0 Å². The fourth-order valence-corrected chi connectivity index (χ4v) is 1.78. The quantitative estimate of drug-likeness (QED) is 0.679. The van der Waals surface area contributed by atoms with Gasteiger partial charge in [0.25, 0.3) is 0 Å². The number of nitrogens with one attached hydrogen (secondary N) is 1. The molecule has 0 radical (unpaired) electrons. The number of anilines is 1. The maximum atomic E-state index is 11.4. The van der Waals surface area contributed by atoms with Gasteiger partial charge in [0.1, 0.15) is 0 Å². The Hall–Kier alpha value is -1.07. The standard InChI is InChI=1S/C10H12BrNO3/c1-6-4-8(11)7(10(13)14-2)5-9(6)12-15-3/h4-5,12H,1-3H3. The van der Waals surface area contributed by atoms with Crippen molar-refractivity contribution in [1.82, 2.24) is 0 Å². The van der Waals surface area contributed by atoms with E-state index >= 15 is 0 Å². The second kappa shape index (κ2) is 5.14. The lowest BCUT2D eigenvalue weighted by Gasteiger charge is -2.10. The zero-order valence-corrected chi connectivity index (χ0v) is 10.3. The lowest BCUT2D eigenvalue weighted by molar-refractivity contribution is 0.0599. The Morgan fingerprint density at radius 3 is 2.60 bits per heavy atom. The van der Waals surface area contributed by atoms with Gasteiger partial charge in [-0.2, -0.15) is 0 Å². The van der Waals surface area contributed by atoms with Crippen LogP contribution in [0.25, 0.3) is 0 Å². The van der Waals surface area contributed by atoms with E-state index in [4.69, 9.17) is 4.84 Å². The normalized spacial score (nSPS) is 9.87. The van der Waals surface area contributed by atoms with Crippen LogP contribution >= 0.6 is 15.9 Å². The highest BCUT2D eigenvalue weighted by atomic mass is 79.9. The predicted octanol–water partition coefficient (Wildman–Crippen LogP) is 2.52. The molecule has 1 rings (SSSR count). The summed E-state index contributed by atoms with van der Waals surface area (Å²) >= 11 is 3.30. The molecule has 0 aromatic heterocycles. The van der Waals surface area contributed by atoms with Crippen LogP contribution in [0, 0.1) is 6.92 Å². The van der Waals surface area contributed by atoms with E-state index in [0.29, 0.717) is 10.0 Å². The summed E-state index contributed by atoms with van der Waals surface area (Å²) in [6.07, 6.45) is 0. The van der Waals surface area contributed by atoms with Gasteiger partial charge in [-0.05, 0) is 40.5 Å². The zero-order valence-electron chi connectivity index (χ0n) is 8.76. The maximum absolute atomic E-state index is 11.4. The summed E-state index contributed by atoms with van der Waals surface area (Å²) in [6, 6.07) is 3.50. The molecule has 0 saturated carbocycles. The summed E-state index contributed by atoms with van der Waals surface area (Å²) < 4.78 is 5.35.